The highest BCUT2D eigenvalue weighted by atomic mass is 16.5. The first-order chi connectivity index (χ1) is 11.0. The van der Waals surface area contributed by atoms with Gasteiger partial charge in [0.15, 0.2) is 0 Å². The lowest BCUT2D eigenvalue weighted by Gasteiger charge is -2.07. The molecule has 2 N–H and O–H groups in total. The first kappa shape index (κ1) is 16.5. The molecule has 23 heavy (non-hydrogen) atoms. The van der Waals surface area contributed by atoms with Crippen LogP contribution in [0.3, 0.4) is 0 Å². The number of methoxy groups -OCH3 is 1. The number of carbonyl (C=O) groups is 1. The van der Waals surface area contributed by atoms with E-state index in [1.54, 1.807) is 31.4 Å². The van der Waals surface area contributed by atoms with E-state index in [-0.39, 0.29) is 5.91 Å². The van der Waals surface area contributed by atoms with Crippen molar-refractivity contribution in [1.82, 2.24) is 0 Å². The normalized spacial score (nSPS) is 9.91. The topological polar surface area (TPSA) is 53.4 Å². The molecule has 0 aromatic heterocycles. The lowest BCUT2D eigenvalue weighted by Crippen LogP contribution is -2.18. The van der Waals surface area contributed by atoms with Gasteiger partial charge in [0.2, 0.25) is 5.84 Å². The number of benzene rings is 2. The molecule has 0 aliphatic heterocycles. The van der Waals surface area contributed by atoms with Gasteiger partial charge in [-0.2, -0.15) is 0 Å². The second-order valence-corrected chi connectivity index (χ2v) is 5.36. The summed E-state index contributed by atoms with van der Waals surface area (Å²) in [5, 5.41) is 6.16. The number of amides is 1. The standard InChI is InChI=1S/C18H21N3O2/c1-13(21(2)3)19-15-7-9-16(10-8-15)20-18(22)14-5-11-17(23-4)12-6-14/h5-12H,1-4H3,(H,20,22)/p+1. The van der Waals surface area contributed by atoms with Gasteiger partial charge in [0.05, 0.1) is 21.2 Å². The molecule has 0 radical (unpaired) electrons. The molecule has 0 saturated carbocycles. The molecule has 5 nitrogen and oxygen atoms in total. The van der Waals surface area contributed by atoms with E-state index in [0.29, 0.717) is 5.56 Å². The Morgan fingerprint density at radius 3 is 1.91 bits per heavy atom. The highest BCUT2D eigenvalue weighted by Crippen LogP contribution is 2.16. The van der Waals surface area contributed by atoms with Gasteiger partial charge in [-0.3, -0.25) is 9.37 Å². The molecule has 0 fully saturated rings. The fourth-order valence-electron chi connectivity index (χ4n) is 1.90. The van der Waals surface area contributed by atoms with E-state index < -0.39 is 0 Å². The van der Waals surface area contributed by atoms with Crippen LogP contribution in [0.1, 0.15) is 17.3 Å². The Hall–Kier alpha value is -2.82. The number of carbonyl (C=O) groups excluding carboxylic acids is 1. The second-order valence-electron chi connectivity index (χ2n) is 5.36. The summed E-state index contributed by atoms with van der Waals surface area (Å²) < 4.78 is 7.08. The number of nitrogens with one attached hydrogen (secondary N) is 2. The van der Waals surface area contributed by atoms with Crippen LogP contribution < -0.4 is 15.4 Å². The van der Waals surface area contributed by atoms with Crippen LogP contribution in [0.25, 0.3) is 0 Å². The first-order valence-corrected chi connectivity index (χ1v) is 7.33. The fraction of sp³-hybridized carbons (Fsp3) is 0.222. The van der Waals surface area contributed by atoms with E-state index in [4.69, 9.17) is 4.74 Å². The summed E-state index contributed by atoms with van der Waals surface area (Å²) in [6.07, 6.45) is 0. The summed E-state index contributed by atoms with van der Waals surface area (Å²) >= 11 is 0. The largest absolute Gasteiger partial charge is 0.497 e. The van der Waals surface area contributed by atoms with E-state index in [0.717, 1.165) is 23.0 Å². The number of nitrogens with zero attached hydrogens (tertiary/aromatic N) is 1. The first-order valence-electron chi connectivity index (χ1n) is 7.33. The second kappa shape index (κ2) is 7.45. The van der Waals surface area contributed by atoms with Crippen molar-refractivity contribution in [3.05, 3.63) is 54.1 Å². The van der Waals surface area contributed by atoms with Crippen molar-refractivity contribution in [2.75, 3.05) is 31.8 Å². The van der Waals surface area contributed by atoms with Gasteiger partial charge >= 0.3 is 0 Å². The van der Waals surface area contributed by atoms with Crippen LogP contribution in [-0.4, -0.2) is 37.5 Å². The lowest BCUT2D eigenvalue weighted by atomic mass is 10.2. The van der Waals surface area contributed by atoms with Gasteiger partial charge in [0.1, 0.15) is 11.4 Å². The number of rotatable bonds is 4. The van der Waals surface area contributed by atoms with E-state index in [1.165, 1.54) is 0 Å². The van der Waals surface area contributed by atoms with Crippen LogP contribution >= 0.6 is 0 Å². The third-order valence-electron chi connectivity index (χ3n) is 3.49. The Labute approximate surface area is 136 Å². The summed E-state index contributed by atoms with van der Waals surface area (Å²) in [7, 11) is 5.55. The van der Waals surface area contributed by atoms with Gasteiger partial charge < -0.3 is 10.1 Å². The maximum absolute atomic E-state index is 12.2. The minimum Gasteiger partial charge on any atom is -0.497 e. The van der Waals surface area contributed by atoms with Gasteiger partial charge in [-0.1, -0.05) is 0 Å². The van der Waals surface area contributed by atoms with Gasteiger partial charge in [0.25, 0.3) is 5.91 Å². The third-order valence-corrected chi connectivity index (χ3v) is 3.49. The molecule has 0 unspecified atom stereocenters. The predicted octanol–water partition coefficient (Wildman–Crippen LogP) is 3.05. The van der Waals surface area contributed by atoms with Crippen molar-refractivity contribution >= 4 is 23.1 Å². The Morgan fingerprint density at radius 2 is 1.43 bits per heavy atom. The molecule has 2 aromatic carbocycles. The molecule has 0 saturated heterocycles. The molecule has 0 heterocycles. The van der Waals surface area contributed by atoms with Crippen LogP contribution in [0.2, 0.25) is 0 Å². The maximum atomic E-state index is 12.2. The molecule has 0 bridgehead atoms. The lowest BCUT2D eigenvalue weighted by molar-refractivity contribution is -0.464. The molecule has 0 aliphatic carbocycles. The van der Waals surface area contributed by atoms with Crippen LogP contribution in [0.4, 0.5) is 11.4 Å². The van der Waals surface area contributed by atoms with E-state index in [1.807, 2.05) is 49.9 Å². The zero-order valence-electron chi connectivity index (χ0n) is 13.9. The third kappa shape index (κ3) is 4.57. The molecule has 0 spiro atoms. The van der Waals surface area contributed by atoms with Crippen molar-refractivity contribution in [1.29, 1.82) is 0 Å². The Bertz CT molecular complexity index is 700. The minimum absolute atomic E-state index is 0.149. The Morgan fingerprint density at radius 1 is 0.913 bits per heavy atom. The van der Waals surface area contributed by atoms with Crippen molar-refractivity contribution in [3.63, 3.8) is 0 Å². The molecule has 2 aromatic rings. The van der Waals surface area contributed by atoms with Crippen LogP contribution in [0, 0.1) is 0 Å². The van der Waals surface area contributed by atoms with Crippen molar-refractivity contribution in [3.8, 4) is 5.75 Å². The summed E-state index contributed by atoms with van der Waals surface area (Å²) in [6, 6.07) is 14.6. The van der Waals surface area contributed by atoms with Gasteiger partial charge in [-0.15, -0.1) is 0 Å². The zero-order chi connectivity index (χ0) is 16.8. The molecule has 5 heteroatoms. The minimum atomic E-state index is -0.149. The average Bonchev–Trinajstić information content (AvgIpc) is 2.56. The van der Waals surface area contributed by atoms with Crippen molar-refractivity contribution in [2.24, 2.45) is 0 Å². The number of ether oxygens (including phenoxy) is 1. The molecule has 0 atom stereocenters. The molecule has 120 valence electrons. The Kier molecular flexibility index (Phi) is 5.36. The Balaban J connectivity index is 2.02. The van der Waals surface area contributed by atoms with Gasteiger partial charge in [-0.25, -0.2) is 5.32 Å². The monoisotopic (exact) mass is 312 g/mol. The van der Waals surface area contributed by atoms with Crippen molar-refractivity contribution in [2.45, 2.75) is 6.92 Å². The number of amidine groups is 1. The van der Waals surface area contributed by atoms with Gasteiger partial charge in [-0.05, 0) is 48.5 Å². The molecule has 1 amide bonds. The number of anilines is 2. The quantitative estimate of drug-likeness (QED) is 0.518. The highest BCUT2D eigenvalue weighted by Gasteiger charge is 2.07. The van der Waals surface area contributed by atoms with E-state index in [9.17, 15) is 4.79 Å². The maximum Gasteiger partial charge on any atom is 0.255 e. The number of hydrogen-bond acceptors (Lipinski definition) is 2. The van der Waals surface area contributed by atoms with Crippen LogP contribution in [-0.2, 0) is 0 Å². The molecular formula is C18H22N3O2+. The smallest absolute Gasteiger partial charge is 0.255 e. The van der Waals surface area contributed by atoms with Crippen LogP contribution in [0.15, 0.2) is 48.5 Å². The predicted molar refractivity (Wildman–Crippen MR) is 93.8 cm³/mol. The molecule has 0 aliphatic rings. The SMILES string of the molecule is COc1ccc(C(=O)Nc2ccc(NC(C)=[N+](C)C)cc2)cc1. The summed E-state index contributed by atoms with van der Waals surface area (Å²) in [4.78, 5) is 12.2. The van der Waals surface area contributed by atoms with E-state index >= 15 is 0 Å². The molecular weight excluding hydrogens is 290 g/mol. The summed E-state index contributed by atoms with van der Waals surface area (Å²) in [5.41, 5.74) is 2.31. The molecule has 2 rings (SSSR count). The average molecular weight is 312 g/mol. The van der Waals surface area contributed by atoms with E-state index in [2.05, 4.69) is 10.6 Å². The van der Waals surface area contributed by atoms with Gasteiger partial charge in [0, 0.05) is 18.2 Å². The summed E-state index contributed by atoms with van der Waals surface area (Å²) in [5.74, 6) is 1.62. The summed E-state index contributed by atoms with van der Waals surface area (Å²) in [6.45, 7) is 2.00. The highest BCUT2D eigenvalue weighted by molar-refractivity contribution is 6.04. The number of hydrogen-bond donors (Lipinski definition) is 2. The zero-order valence-corrected chi connectivity index (χ0v) is 13.9. The van der Waals surface area contributed by atoms with Crippen LogP contribution in [0.5, 0.6) is 5.75 Å². The fourth-order valence-corrected chi connectivity index (χ4v) is 1.90. The van der Waals surface area contributed by atoms with Crippen molar-refractivity contribution < 1.29 is 14.1 Å².